The SMILES string of the molecule is NC1(c2nc3ccncc3[nH]2)CCCCC1. The molecule has 16 heavy (non-hydrogen) atoms. The van der Waals surface area contributed by atoms with Crippen LogP contribution in [0.2, 0.25) is 0 Å². The van der Waals surface area contributed by atoms with Gasteiger partial charge in [-0.2, -0.15) is 0 Å². The fraction of sp³-hybridized carbons (Fsp3) is 0.500. The lowest BCUT2D eigenvalue weighted by Gasteiger charge is -2.31. The minimum absolute atomic E-state index is 0.253. The molecule has 2 heterocycles. The molecule has 84 valence electrons. The van der Waals surface area contributed by atoms with E-state index in [9.17, 15) is 0 Å². The summed E-state index contributed by atoms with van der Waals surface area (Å²) < 4.78 is 0. The number of pyridine rings is 1. The molecule has 0 amide bonds. The van der Waals surface area contributed by atoms with Gasteiger partial charge < -0.3 is 10.7 Å². The Bertz CT molecular complexity index is 463. The third-order valence-corrected chi connectivity index (χ3v) is 3.50. The number of nitrogens with two attached hydrogens (primary N) is 1. The van der Waals surface area contributed by atoms with Crippen LogP contribution in [0.15, 0.2) is 18.5 Å². The van der Waals surface area contributed by atoms with E-state index in [-0.39, 0.29) is 5.54 Å². The summed E-state index contributed by atoms with van der Waals surface area (Å²) in [7, 11) is 0. The number of rotatable bonds is 1. The van der Waals surface area contributed by atoms with Gasteiger partial charge in [-0.05, 0) is 18.9 Å². The monoisotopic (exact) mass is 216 g/mol. The summed E-state index contributed by atoms with van der Waals surface area (Å²) in [5.74, 6) is 0.926. The molecule has 0 saturated heterocycles. The third kappa shape index (κ3) is 1.50. The third-order valence-electron chi connectivity index (χ3n) is 3.50. The minimum atomic E-state index is -0.253. The van der Waals surface area contributed by atoms with Crippen LogP contribution in [0, 0.1) is 0 Å². The van der Waals surface area contributed by atoms with Gasteiger partial charge in [0.05, 0.1) is 22.8 Å². The molecule has 0 radical (unpaired) electrons. The Kier molecular flexibility index (Phi) is 2.17. The van der Waals surface area contributed by atoms with Crippen LogP contribution in [0.5, 0.6) is 0 Å². The Hall–Kier alpha value is -1.42. The smallest absolute Gasteiger partial charge is 0.127 e. The Labute approximate surface area is 94.3 Å². The van der Waals surface area contributed by atoms with Crippen LogP contribution in [0.4, 0.5) is 0 Å². The van der Waals surface area contributed by atoms with Crippen molar-refractivity contribution >= 4 is 11.0 Å². The van der Waals surface area contributed by atoms with Gasteiger partial charge in [0.1, 0.15) is 5.82 Å². The highest BCUT2D eigenvalue weighted by atomic mass is 15.0. The molecule has 0 atom stereocenters. The van der Waals surface area contributed by atoms with Crippen LogP contribution in [0.1, 0.15) is 37.9 Å². The summed E-state index contributed by atoms with van der Waals surface area (Å²) in [4.78, 5) is 12.0. The molecule has 0 bridgehead atoms. The van der Waals surface area contributed by atoms with Crippen LogP contribution in [-0.2, 0) is 5.54 Å². The van der Waals surface area contributed by atoms with E-state index >= 15 is 0 Å². The second kappa shape index (κ2) is 3.56. The van der Waals surface area contributed by atoms with Gasteiger partial charge >= 0.3 is 0 Å². The maximum atomic E-state index is 6.43. The Morgan fingerprint density at radius 1 is 1.25 bits per heavy atom. The van der Waals surface area contributed by atoms with Crippen LogP contribution in [0.25, 0.3) is 11.0 Å². The van der Waals surface area contributed by atoms with E-state index in [1.165, 1.54) is 19.3 Å². The first kappa shape index (κ1) is 9.78. The highest BCUT2D eigenvalue weighted by Gasteiger charge is 2.32. The summed E-state index contributed by atoms with van der Waals surface area (Å²) >= 11 is 0. The molecule has 0 unspecified atom stereocenters. The Morgan fingerprint density at radius 2 is 2.06 bits per heavy atom. The molecule has 0 aromatic carbocycles. The van der Waals surface area contributed by atoms with Crippen molar-refractivity contribution in [1.82, 2.24) is 15.0 Å². The van der Waals surface area contributed by atoms with Crippen LogP contribution in [-0.4, -0.2) is 15.0 Å². The van der Waals surface area contributed by atoms with Crippen molar-refractivity contribution in [2.45, 2.75) is 37.6 Å². The average molecular weight is 216 g/mol. The second-order valence-electron chi connectivity index (χ2n) is 4.70. The van der Waals surface area contributed by atoms with Gasteiger partial charge in [0.15, 0.2) is 0 Å². The van der Waals surface area contributed by atoms with Crippen LogP contribution >= 0.6 is 0 Å². The number of hydrogen-bond acceptors (Lipinski definition) is 3. The predicted octanol–water partition coefficient (Wildman–Crippen LogP) is 2.08. The van der Waals surface area contributed by atoms with Crippen molar-refractivity contribution in [1.29, 1.82) is 0 Å². The number of nitrogens with one attached hydrogen (secondary N) is 1. The van der Waals surface area contributed by atoms with Crippen LogP contribution in [0.3, 0.4) is 0 Å². The quantitative estimate of drug-likeness (QED) is 0.766. The molecule has 2 aromatic heterocycles. The van der Waals surface area contributed by atoms with Gasteiger partial charge in [-0.3, -0.25) is 4.98 Å². The molecule has 1 aliphatic carbocycles. The summed E-state index contributed by atoms with van der Waals surface area (Å²) in [6, 6.07) is 1.92. The number of hydrogen-bond donors (Lipinski definition) is 2. The van der Waals surface area contributed by atoms with Crippen molar-refractivity contribution in [3.8, 4) is 0 Å². The molecular weight excluding hydrogens is 200 g/mol. The molecule has 1 saturated carbocycles. The first-order valence-corrected chi connectivity index (χ1v) is 5.87. The highest BCUT2D eigenvalue weighted by Crippen LogP contribution is 2.33. The van der Waals surface area contributed by atoms with Crippen molar-refractivity contribution in [3.05, 3.63) is 24.3 Å². The van der Waals surface area contributed by atoms with Gasteiger partial charge in [-0.1, -0.05) is 19.3 Å². The molecular formula is C12H16N4. The number of fused-ring (bicyclic) bond motifs is 1. The molecule has 0 spiro atoms. The van der Waals surface area contributed by atoms with Crippen molar-refractivity contribution in [3.63, 3.8) is 0 Å². The van der Waals surface area contributed by atoms with Crippen LogP contribution < -0.4 is 5.73 Å². The zero-order chi connectivity index (χ0) is 11.0. The molecule has 1 fully saturated rings. The maximum absolute atomic E-state index is 6.43. The normalized spacial score (nSPS) is 20.1. The molecule has 0 aliphatic heterocycles. The van der Waals surface area contributed by atoms with E-state index in [4.69, 9.17) is 5.73 Å². The zero-order valence-electron chi connectivity index (χ0n) is 9.24. The topological polar surface area (TPSA) is 67.6 Å². The van der Waals surface area contributed by atoms with E-state index in [1.807, 2.05) is 6.07 Å². The molecule has 2 aromatic rings. The van der Waals surface area contributed by atoms with E-state index < -0.39 is 0 Å². The van der Waals surface area contributed by atoms with Gasteiger partial charge in [-0.25, -0.2) is 4.98 Å². The highest BCUT2D eigenvalue weighted by molar-refractivity contribution is 5.73. The maximum Gasteiger partial charge on any atom is 0.127 e. The lowest BCUT2D eigenvalue weighted by Crippen LogP contribution is -2.39. The first-order valence-electron chi connectivity index (χ1n) is 5.87. The number of imidazole rings is 1. The van der Waals surface area contributed by atoms with E-state index in [1.54, 1.807) is 12.4 Å². The first-order chi connectivity index (χ1) is 7.78. The Morgan fingerprint density at radius 3 is 2.81 bits per heavy atom. The second-order valence-corrected chi connectivity index (χ2v) is 4.70. The average Bonchev–Trinajstić information content (AvgIpc) is 2.74. The molecule has 4 nitrogen and oxygen atoms in total. The number of aromatic amines is 1. The largest absolute Gasteiger partial charge is 0.339 e. The van der Waals surface area contributed by atoms with Crippen molar-refractivity contribution in [2.75, 3.05) is 0 Å². The molecule has 3 rings (SSSR count). The van der Waals surface area contributed by atoms with Gasteiger partial charge in [-0.15, -0.1) is 0 Å². The van der Waals surface area contributed by atoms with Crippen molar-refractivity contribution in [2.24, 2.45) is 5.73 Å². The van der Waals surface area contributed by atoms with Crippen molar-refractivity contribution < 1.29 is 0 Å². The molecule has 3 N–H and O–H groups in total. The number of aromatic nitrogens is 3. The number of H-pyrrole nitrogens is 1. The van der Waals surface area contributed by atoms with Gasteiger partial charge in [0.25, 0.3) is 0 Å². The zero-order valence-corrected chi connectivity index (χ0v) is 9.24. The molecule has 1 aliphatic rings. The summed E-state index contributed by atoms with van der Waals surface area (Å²) in [5.41, 5.74) is 8.12. The summed E-state index contributed by atoms with van der Waals surface area (Å²) in [5, 5.41) is 0. The Balaban J connectivity index is 2.04. The van der Waals surface area contributed by atoms with E-state index in [0.717, 1.165) is 29.7 Å². The summed E-state index contributed by atoms with van der Waals surface area (Å²) in [6.45, 7) is 0. The predicted molar refractivity (Wildman–Crippen MR) is 62.8 cm³/mol. The standard InChI is InChI=1S/C12H16N4/c13-12(5-2-1-3-6-12)11-15-9-4-7-14-8-10(9)16-11/h4,7-8H,1-3,5-6,13H2,(H,15,16). The fourth-order valence-electron chi connectivity index (χ4n) is 2.51. The van der Waals surface area contributed by atoms with E-state index in [0.29, 0.717) is 0 Å². The molecule has 4 heteroatoms. The van der Waals surface area contributed by atoms with Gasteiger partial charge in [0.2, 0.25) is 0 Å². The lowest BCUT2D eigenvalue weighted by atomic mass is 9.82. The van der Waals surface area contributed by atoms with E-state index in [2.05, 4.69) is 15.0 Å². The summed E-state index contributed by atoms with van der Waals surface area (Å²) in [6.07, 6.45) is 9.31. The number of nitrogens with zero attached hydrogens (tertiary/aromatic N) is 2. The minimum Gasteiger partial charge on any atom is -0.339 e. The fourth-order valence-corrected chi connectivity index (χ4v) is 2.51. The van der Waals surface area contributed by atoms with Gasteiger partial charge in [0, 0.05) is 6.20 Å². The lowest BCUT2D eigenvalue weighted by molar-refractivity contribution is 0.289.